The number of pyridine rings is 1. The molecule has 2 aromatic heterocycles. The van der Waals surface area contributed by atoms with Crippen LogP contribution in [0.2, 0.25) is 5.02 Å². The number of thiocarbonyl (C=S) groups is 1. The van der Waals surface area contributed by atoms with Gasteiger partial charge in [0.15, 0.2) is 5.11 Å². The fraction of sp³-hybridized carbons (Fsp3) is 0.324. The molecule has 6 rings (SSSR count). The summed E-state index contributed by atoms with van der Waals surface area (Å²) in [5.41, 5.74) is 6.95. The second-order valence-electron chi connectivity index (χ2n) is 12.0. The van der Waals surface area contributed by atoms with Crippen molar-refractivity contribution in [2.75, 3.05) is 22.9 Å². The number of anilines is 2. The van der Waals surface area contributed by atoms with E-state index in [4.69, 9.17) is 28.8 Å². The van der Waals surface area contributed by atoms with Crippen LogP contribution in [0.5, 0.6) is 0 Å². The number of nitrogens with zero attached hydrogens (tertiary/aromatic N) is 4. The summed E-state index contributed by atoms with van der Waals surface area (Å²) in [4.78, 5) is 21.0. The van der Waals surface area contributed by atoms with E-state index in [9.17, 15) is 9.90 Å². The summed E-state index contributed by atoms with van der Waals surface area (Å²) in [6.07, 6.45) is 3.03. The third kappa shape index (κ3) is 5.50. The molecule has 222 valence electrons. The molecule has 4 aromatic rings. The Labute approximate surface area is 263 Å². The number of carbonyl (C=O) groups is 1. The standard InChI is InChI=1S/C34H36ClN5O2S/c1-20-14-21(2)19-38(18-20)30-12-11-26(17-28(30)35)40-32(31(37-34(40)43)29-10-5-6-13-36-29)27-15-22(3)39(23(27)4)25-9-7-8-24(16-25)33(41)42/h5-13,15-17,20-21,31-32H,14,18-19H2,1-4H3,(H,37,43)(H,41,42)/t20-,21+,31-,32+/m1/s1. The highest BCUT2D eigenvalue weighted by atomic mass is 35.5. The lowest BCUT2D eigenvalue weighted by Crippen LogP contribution is -2.38. The zero-order valence-corrected chi connectivity index (χ0v) is 26.4. The Kier molecular flexibility index (Phi) is 7.92. The fourth-order valence-electron chi connectivity index (χ4n) is 6.97. The highest BCUT2D eigenvalue weighted by Gasteiger charge is 2.42. The van der Waals surface area contributed by atoms with E-state index in [1.54, 1.807) is 24.4 Å². The minimum atomic E-state index is -0.954. The van der Waals surface area contributed by atoms with Gasteiger partial charge in [-0.3, -0.25) is 4.98 Å². The van der Waals surface area contributed by atoms with Crippen LogP contribution in [0.4, 0.5) is 11.4 Å². The molecular weight excluding hydrogens is 578 g/mol. The Morgan fingerprint density at radius 3 is 2.44 bits per heavy atom. The number of hydrogen-bond acceptors (Lipinski definition) is 4. The van der Waals surface area contributed by atoms with Crippen LogP contribution in [0.1, 0.15) is 65.4 Å². The van der Waals surface area contributed by atoms with Crippen LogP contribution in [-0.2, 0) is 0 Å². The van der Waals surface area contributed by atoms with E-state index in [2.05, 4.69) is 58.7 Å². The van der Waals surface area contributed by atoms with Crippen molar-refractivity contribution in [1.82, 2.24) is 14.9 Å². The molecule has 2 saturated heterocycles. The largest absolute Gasteiger partial charge is 0.478 e. The molecule has 0 aliphatic carbocycles. The van der Waals surface area contributed by atoms with Gasteiger partial charge < -0.3 is 24.8 Å². The maximum absolute atomic E-state index is 11.7. The second kappa shape index (κ2) is 11.7. The number of carboxylic acid groups (broad SMARTS) is 1. The van der Waals surface area contributed by atoms with Crippen LogP contribution in [-0.4, -0.2) is 38.8 Å². The number of aromatic carboxylic acids is 1. The Bertz CT molecular complexity index is 1680. The molecule has 0 unspecified atom stereocenters. The summed E-state index contributed by atoms with van der Waals surface area (Å²) in [5, 5.41) is 14.5. The zero-order chi connectivity index (χ0) is 30.4. The summed E-state index contributed by atoms with van der Waals surface area (Å²) in [7, 11) is 0. The van der Waals surface area contributed by atoms with E-state index in [1.807, 2.05) is 37.3 Å². The number of aromatic nitrogens is 2. The smallest absolute Gasteiger partial charge is 0.335 e. The molecule has 7 nitrogen and oxygen atoms in total. The quantitative estimate of drug-likeness (QED) is 0.218. The number of halogens is 1. The molecule has 4 heterocycles. The first-order valence-electron chi connectivity index (χ1n) is 14.7. The maximum atomic E-state index is 11.7. The lowest BCUT2D eigenvalue weighted by molar-refractivity contribution is 0.0697. The summed E-state index contributed by atoms with van der Waals surface area (Å²) in [6, 6.07) is 20.9. The van der Waals surface area contributed by atoms with Crippen molar-refractivity contribution in [2.24, 2.45) is 11.8 Å². The molecule has 0 spiro atoms. The van der Waals surface area contributed by atoms with Crippen LogP contribution in [0.15, 0.2) is 72.9 Å². The highest BCUT2D eigenvalue weighted by Crippen LogP contribution is 2.45. The average molecular weight is 614 g/mol. The minimum absolute atomic E-state index is 0.213. The summed E-state index contributed by atoms with van der Waals surface area (Å²) in [6.45, 7) is 10.7. The van der Waals surface area contributed by atoms with Crippen molar-refractivity contribution in [2.45, 2.75) is 46.2 Å². The van der Waals surface area contributed by atoms with E-state index in [1.165, 1.54) is 6.42 Å². The molecule has 2 aliphatic rings. The molecule has 2 fully saturated rings. The zero-order valence-electron chi connectivity index (χ0n) is 24.8. The molecule has 0 radical (unpaired) electrons. The number of piperidine rings is 1. The fourth-order valence-corrected chi connectivity index (χ4v) is 7.61. The topological polar surface area (TPSA) is 73.6 Å². The lowest BCUT2D eigenvalue weighted by atomic mass is 9.91. The van der Waals surface area contributed by atoms with Crippen LogP contribution >= 0.6 is 23.8 Å². The molecule has 0 amide bonds. The Morgan fingerprint density at radius 1 is 1.00 bits per heavy atom. The molecule has 2 aliphatic heterocycles. The normalized spacial score (nSPS) is 22.1. The van der Waals surface area contributed by atoms with Gasteiger partial charge in [-0.1, -0.05) is 37.6 Å². The molecule has 2 N–H and O–H groups in total. The van der Waals surface area contributed by atoms with Crippen LogP contribution < -0.4 is 15.1 Å². The van der Waals surface area contributed by atoms with E-state index >= 15 is 0 Å². The van der Waals surface area contributed by atoms with Gasteiger partial charge in [-0.05, 0) is 104 Å². The van der Waals surface area contributed by atoms with Crippen molar-refractivity contribution >= 4 is 46.3 Å². The number of carboxylic acids is 1. The van der Waals surface area contributed by atoms with Crippen LogP contribution in [0, 0.1) is 25.7 Å². The predicted molar refractivity (Wildman–Crippen MR) is 177 cm³/mol. The molecule has 9 heteroatoms. The first kappa shape index (κ1) is 29.2. The van der Waals surface area contributed by atoms with Gasteiger partial charge in [0.05, 0.1) is 34.1 Å². The number of rotatable bonds is 6. The van der Waals surface area contributed by atoms with Crippen molar-refractivity contribution < 1.29 is 9.90 Å². The van der Waals surface area contributed by atoms with Gasteiger partial charge in [0.2, 0.25) is 0 Å². The minimum Gasteiger partial charge on any atom is -0.478 e. The van der Waals surface area contributed by atoms with Gasteiger partial charge >= 0.3 is 5.97 Å². The Morgan fingerprint density at radius 2 is 1.77 bits per heavy atom. The molecule has 43 heavy (non-hydrogen) atoms. The SMILES string of the molecule is Cc1cc([C@H]2[C@@H](c3ccccn3)NC(=S)N2c2ccc(N3C[C@H](C)C[C@H](C)C3)c(Cl)c2)c(C)n1-c1cccc(C(=O)O)c1. The van der Waals surface area contributed by atoms with E-state index in [0.29, 0.717) is 22.0 Å². The predicted octanol–water partition coefficient (Wildman–Crippen LogP) is 7.50. The Hall–Kier alpha value is -3.88. The van der Waals surface area contributed by atoms with Crippen molar-refractivity contribution in [3.63, 3.8) is 0 Å². The van der Waals surface area contributed by atoms with Crippen LogP contribution in [0.25, 0.3) is 5.69 Å². The van der Waals surface area contributed by atoms with Crippen molar-refractivity contribution in [3.05, 3.63) is 106 Å². The van der Waals surface area contributed by atoms with Crippen molar-refractivity contribution in [1.29, 1.82) is 0 Å². The van der Waals surface area contributed by atoms with Gasteiger partial charge in [-0.2, -0.15) is 0 Å². The first-order chi connectivity index (χ1) is 20.6. The summed E-state index contributed by atoms with van der Waals surface area (Å²) < 4.78 is 2.10. The number of aryl methyl sites for hydroxylation is 1. The van der Waals surface area contributed by atoms with Crippen molar-refractivity contribution in [3.8, 4) is 5.69 Å². The van der Waals surface area contributed by atoms with E-state index in [-0.39, 0.29) is 17.6 Å². The molecular formula is C34H36ClN5O2S. The average Bonchev–Trinajstić information content (AvgIpc) is 3.47. The monoisotopic (exact) mass is 613 g/mol. The second-order valence-corrected chi connectivity index (χ2v) is 12.8. The number of hydrogen-bond donors (Lipinski definition) is 2. The lowest BCUT2D eigenvalue weighted by Gasteiger charge is -2.37. The molecule has 2 aromatic carbocycles. The number of nitrogens with one attached hydrogen (secondary N) is 1. The number of benzene rings is 2. The van der Waals surface area contributed by atoms with Gasteiger partial charge in [0.1, 0.15) is 0 Å². The van der Waals surface area contributed by atoms with E-state index < -0.39 is 5.97 Å². The molecule has 4 atom stereocenters. The molecule has 0 bridgehead atoms. The molecule has 0 saturated carbocycles. The maximum Gasteiger partial charge on any atom is 0.335 e. The summed E-state index contributed by atoms with van der Waals surface area (Å²) >= 11 is 13.0. The van der Waals surface area contributed by atoms with Gasteiger partial charge in [-0.15, -0.1) is 0 Å². The van der Waals surface area contributed by atoms with Gasteiger partial charge in [0, 0.05) is 42.0 Å². The Balaban J connectivity index is 1.44. The van der Waals surface area contributed by atoms with Gasteiger partial charge in [0.25, 0.3) is 0 Å². The van der Waals surface area contributed by atoms with E-state index in [0.717, 1.165) is 52.8 Å². The third-order valence-electron chi connectivity index (χ3n) is 8.66. The van der Waals surface area contributed by atoms with Crippen LogP contribution in [0.3, 0.4) is 0 Å². The third-order valence-corrected chi connectivity index (χ3v) is 9.27. The van der Waals surface area contributed by atoms with Gasteiger partial charge in [-0.25, -0.2) is 4.79 Å². The summed E-state index contributed by atoms with van der Waals surface area (Å²) in [5.74, 6) is 0.277. The first-order valence-corrected chi connectivity index (χ1v) is 15.5. The highest BCUT2D eigenvalue weighted by molar-refractivity contribution is 7.80.